The number of anilines is 1. The molecule has 1 N–H and O–H groups in total. The minimum atomic E-state index is -2.96. The van der Waals surface area contributed by atoms with Gasteiger partial charge in [0.25, 0.3) is 5.91 Å². The Hall–Kier alpha value is -2.22. The summed E-state index contributed by atoms with van der Waals surface area (Å²) in [6, 6.07) is 8.25. The van der Waals surface area contributed by atoms with E-state index >= 15 is 0 Å². The molecular weight excluding hydrogens is 403 g/mol. The summed E-state index contributed by atoms with van der Waals surface area (Å²) in [6.45, 7) is 0.109. The molecule has 0 saturated heterocycles. The van der Waals surface area contributed by atoms with Crippen LogP contribution in [-0.4, -0.2) is 18.6 Å². The summed E-state index contributed by atoms with van der Waals surface area (Å²) in [5.41, 5.74) is 0.697. The fourth-order valence-electron chi connectivity index (χ4n) is 2.02. The van der Waals surface area contributed by atoms with Crippen LogP contribution in [-0.2, 0) is 4.79 Å². The highest BCUT2D eigenvalue weighted by molar-refractivity contribution is 9.10. The third kappa shape index (κ3) is 5.12. The molecule has 1 unspecified atom stereocenters. The lowest BCUT2D eigenvalue weighted by Crippen LogP contribution is -2.30. The van der Waals surface area contributed by atoms with E-state index in [-0.39, 0.29) is 5.75 Å². The Morgan fingerprint density at radius 1 is 1.16 bits per heavy atom. The van der Waals surface area contributed by atoms with Crippen molar-refractivity contribution in [3.63, 3.8) is 0 Å². The number of ether oxygens (including phenoxy) is 2. The molecule has 0 bridgehead atoms. The zero-order valence-corrected chi connectivity index (χ0v) is 14.9. The Balaban J connectivity index is 2.08. The van der Waals surface area contributed by atoms with Crippen LogP contribution in [0.3, 0.4) is 0 Å². The normalized spacial score (nSPS) is 12.0. The first-order valence-corrected chi connectivity index (χ1v) is 8.04. The van der Waals surface area contributed by atoms with Gasteiger partial charge in [-0.15, -0.1) is 0 Å². The zero-order valence-electron chi connectivity index (χ0n) is 13.4. The minimum absolute atomic E-state index is 0.0253. The van der Waals surface area contributed by atoms with Crippen LogP contribution in [0.2, 0.25) is 0 Å². The van der Waals surface area contributed by atoms with E-state index in [1.54, 1.807) is 13.0 Å². The van der Waals surface area contributed by atoms with Crippen LogP contribution < -0.4 is 14.8 Å². The van der Waals surface area contributed by atoms with Gasteiger partial charge in [0.05, 0.1) is 4.47 Å². The Morgan fingerprint density at radius 2 is 1.88 bits per heavy atom. The molecule has 1 amide bonds. The molecule has 1 atom stereocenters. The minimum Gasteiger partial charge on any atom is -0.480 e. The van der Waals surface area contributed by atoms with Crippen LogP contribution in [0, 0.1) is 12.7 Å². The first kappa shape index (κ1) is 19.1. The predicted octanol–water partition coefficient (Wildman–Crippen LogP) is 4.90. The SMILES string of the molecule is Cc1c(NC(=O)C(C)Oc2ccc(F)cc2Br)cccc1OC(F)F. The number of alkyl halides is 2. The van der Waals surface area contributed by atoms with E-state index < -0.39 is 24.4 Å². The van der Waals surface area contributed by atoms with Gasteiger partial charge in [0.1, 0.15) is 17.3 Å². The summed E-state index contributed by atoms with van der Waals surface area (Å²) in [4.78, 5) is 12.3. The van der Waals surface area contributed by atoms with Crippen LogP contribution in [0.5, 0.6) is 11.5 Å². The first-order valence-electron chi connectivity index (χ1n) is 7.25. The van der Waals surface area contributed by atoms with Crippen molar-refractivity contribution in [3.8, 4) is 11.5 Å². The third-order valence-electron chi connectivity index (χ3n) is 3.32. The topological polar surface area (TPSA) is 47.6 Å². The number of amides is 1. The maximum atomic E-state index is 13.1. The van der Waals surface area contributed by atoms with Crippen molar-refractivity contribution in [1.82, 2.24) is 0 Å². The molecular formula is C17H15BrF3NO3. The van der Waals surface area contributed by atoms with Crippen LogP contribution in [0.4, 0.5) is 18.9 Å². The Morgan fingerprint density at radius 3 is 2.52 bits per heavy atom. The summed E-state index contributed by atoms with van der Waals surface area (Å²) in [5.74, 6) is -0.658. The van der Waals surface area contributed by atoms with Crippen molar-refractivity contribution in [2.24, 2.45) is 0 Å². The quantitative estimate of drug-likeness (QED) is 0.726. The summed E-state index contributed by atoms with van der Waals surface area (Å²) in [5, 5.41) is 2.60. The molecule has 4 nitrogen and oxygen atoms in total. The van der Waals surface area contributed by atoms with Crippen molar-refractivity contribution >= 4 is 27.5 Å². The van der Waals surface area contributed by atoms with Crippen LogP contribution >= 0.6 is 15.9 Å². The summed E-state index contributed by atoms with van der Waals surface area (Å²) < 4.78 is 48.1. The smallest absolute Gasteiger partial charge is 0.387 e. The van der Waals surface area contributed by atoms with Crippen molar-refractivity contribution in [2.45, 2.75) is 26.6 Å². The van der Waals surface area contributed by atoms with Gasteiger partial charge in [0.15, 0.2) is 6.10 Å². The van der Waals surface area contributed by atoms with Gasteiger partial charge < -0.3 is 14.8 Å². The number of carbonyl (C=O) groups excluding carboxylic acids is 1. The number of benzene rings is 2. The molecule has 134 valence electrons. The maximum Gasteiger partial charge on any atom is 0.387 e. The van der Waals surface area contributed by atoms with Crippen LogP contribution in [0.15, 0.2) is 40.9 Å². The van der Waals surface area contributed by atoms with E-state index in [1.165, 1.54) is 37.3 Å². The molecule has 0 aromatic heterocycles. The van der Waals surface area contributed by atoms with Gasteiger partial charge in [-0.1, -0.05) is 6.07 Å². The predicted molar refractivity (Wildman–Crippen MR) is 90.6 cm³/mol. The molecule has 0 aliphatic carbocycles. The highest BCUT2D eigenvalue weighted by Gasteiger charge is 2.18. The van der Waals surface area contributed by atoms with E-state index in [0.717, 1.165) is 0 Å². The van der Waals surface area contributed by atoms with Gasteiger partial charge in [-0.25, -0.2) is 4.39 Å². The second kappa shape index (κ2) is 8.24. The van der Waals surface area contributed by atoms with Crippen LogP contribution in [0.1, 0.15) is 12.5 Å². The molecule has 2 aromatic rings. The maximum absolute atomic E-state index is 13.1. The summed E-state index contributed by atoms with van der Waals surface area (Å²) in [6.07, 6.45) is -0.902. The lowest BCUT2D eigenvalue weighted by atomic mass is 10.1. The second-order valence-electron chi connectivity index (χ2n) is 5.13. The molecule has 0 fully saturated rings. The van der Waals surface area contributed by atoms with Crippen molar-refractivity contribution in [1.29, 1.82) is 0 Å². The fraction of sp³-hybridized carbons (Fsp3) is 0.235. The summed E-state index contributed by atoms with van der Waals surface area (Å²) >= 11 is 3.15. The van der Waals surface area contributed by atoms with Gasteiger partial charge >= 0.3 is 6.61 Å². The highest BCUT2D eigenvalue weighted by atomic mass is 79.9. The largest absolute Gasteiger partial charge is 0.480 e. The van der Waals surface area contributed by atoms with E-state index in [0.29, 0.717) is 21.5 Å². The Bertz CT molecular complexity index is 771. The average Bonchev–Trinajstić information content (AvgIpc) is 2.53. The van der Waals surface area contributed by atoms with Gasteiger partial charge in [0.2, 0.25) is 0 Å². The highest BCUT2D eigenvalue weighted by Crippen LogP contribution is 2.28. The van der Waals surface area contributed by atoms with Crippen molar-refractivity contribution in [3.05, 3.63) is 52.3 Å². The summed E-state index contributed by atoms with van der Waals surface area (Å²) in [7, 11) is 0. The Kier molecular flexibility index (Phi) is 6.30. The fourth-order valence-corrected chi connectivity index (χ4v) is 2.47. The molecule has 25 heavy (non-hydrogen) atoms. The molecule has 8 heteroatoms. The first-order chi connectivity index (χ1) is 11.8. The second-order valence-corrected chi connectivity index (χ2v) is 5.99. The third-order valence-corrected chi connectivity index (χ3v) is 3.94. The zero-order chi connectivity index (χ0) is 18.6. The monoisotopic (exact) mass is 417 g/mol. The van der Waals surface area contributed by atoms with E-state index in [4.69, 9.17) is 4.74 Å². The van der Waals surface area contributed by atoms with Gasteiger partial charge in [-0.2, -0.15) is 8.78 Å². The number of hydrogen-bond acceptors (Lipinski definition) is 3. The van der Waals surface area contributed by atoms with E-state index in [1.807, 2.05) is 0 Å². The van der Waals surface area contributed by atoms with E-state index in [2.05, 4.69) is 26.0 Å². The van der Waals surface area contributed by atoms with Gasteiger partial charge in [-0.05, 0) is 60.1 Å². The number of hydrogen-bond donors (Lipinski definition) is 1. The molecule has 2 aromatic carbocycles. The molecule has 0 spiro atoms. The Labute approximate surface area is 151 Å². The molecule has 0 aliphatic rings. The van der Waals surface area contributed by atoms with Crippen molar-refractivity contribution in [2.75, 3.05) is 5.32 Å². The van der Waals surface area contributed by atoms with Gasteiger partial charge in [-0.3, -0.25) is 4.79 Å². The lowest BCUT2D eigenvalue weighted by molar-refractivity contribution is -0.122. The van der Waals surface area contributed by atoms with Crippen molar-refractivity contribution < 1.29 is 27.4 Å². The average molecular weight is 418 g/mol. The molecule has 2 rings (SSSR count). The van der Waals surface area contributed by atoms with Crippen LogP contribution in [0.25, 0.3) is 0 Å². The number of halogens is 4. The van der Waals surface area contributed by atoms with Gasteiger partial charge in [0, 0.05) is 11.3 Å². The number of carbonyl (C=O) groups is 1. The molecule has 0 radical (unpaired) electrons. The standard InChI is InChI=1S/C17H15BrF3NO3/c1-9-13(4-3-5-14(9)25-17(20)21)22-16(23)10(2)24-15-7-6-11(19)8-12(15)18/h3-8,10,17H,1-2H3,(H,22,23). The molecule has 0 aliphatic heterocycles. The number of nitrogens with one attached hydrogen (secondary N) is 1. The number of rotatable bonds is 6. The lowest BCUT2D eigenvalue weighted by Gasteiger charge is -2.17. The van der Waals surface area contributed by atoms with E-state index in [9.17, 15) is 18.0 Å². The molecule has 0 heterocycles. The molecule has 0 saturated carbocycles.